The lowest BCUT2D eigenvalue weighted by atomic mass is 10.1. The molecule has 0 spiro atoms. The molecular formula is C13H10N2OS2. The Morgan fingerprint density at radius 1 is 1.50 bits per heavy atom. The van der Waals surface area contributed by atoms with Crippen LogP contribution in [0.25, 0.3) is 0 Å². The molecule has 0 radical (unpaired) electrons. The SMILES string of the molecule is Cc1cccc(NC(=O)c2cc(S)cs2)c1C#N. The lowest BCUT2D eigenvalue weighted by molar-refractivity contribution is 0.103. The van der Waals surface area contributed by atoms with E-state index in [0.29, 0.717) is 16.1 Å². The standard InChI is InChI=1S/C13H10N2OS2/c1-8-3-2-4-11(10(8)6-14)15-13(16)12-5-9(17)7-18-12/h2-5,7,17H,1H3,(H,15,16). The van der Waals surface area contributed by atoms with Gasteiger partial charge in [0.2, 0.25) is 0 Å². The fourth-order valence-corrected chi connectivity index (χ4v) is 2.59. The smallest absolute Gasteiger partial charge is 0.265 e. The first kappa shape index (κ1) is 12.7. The van der Waals surface area contributed by atoms with Crippen LogP contribution >= 0.6 is 24.0 Å². The van der Waals surface area contributed by atoms with Gasteiger partial charge >= 0.3 is 0 Å². The van der Waals surface area contributed by atoms with Crippen LogP contribution in [0.1, 0.15) is 20.8 Å². The van der Waals surface area contributed by atoms with E-state index < -0.39 is 0 Å². The van der Waals surface area contributed by atoms with E-state index in [0.717, 1.165) is 10.5 Å². The van der Waals surface area contributed by atoms with E-state index in [-0.39, 0.29) is 5.91 Å². The quantitative estimate of drug-likeness (QED) is 0.824. The Bertz CT molecular complexity index is 641. The van der Waals surface area contributed by atoms with E-state index in [9.17, 15) is 4.79 Å². The van der Waals surface area contributed by atoms with Gasteiger partial charge < -0.3 is 5.32 Å². The van der Waals surface area contributed by atoms with Crippen molar-refractivity contribution in [3.8, 4) is 6.07 Å². The number of carbonyl (C=O) groups excluding carboxylic acids is 1. The maximum Gasteiger partial charge on any atom is 0.265 e. The number of nitrogens with zero attached hydrogens (tertiary/aromatic N) is 1. The summed E-state index contributed by atoms with van der Waals surface area (Å²) in [6, 6.07) is 9.17. The van der Waals surface area contributed by atoms with Crippen LogP contribution in [0.15, 0.2) is 34.5 Å². The summed E-state index contributed by atoms with van der Waals surface area (Å²) in [5.74, 6) is -0.220. The van der Waals surface area contributed by atoms with Crippen molar-refractivity contribution in [1.82, 2.24) is 0 Å². The van der Waals surface area contributed by atoms with Crippen LogP contribution < -0.4 is 5.32 Å². The molecule has 0 bridgehead atoms. The number of anilines is 1. The van der Waals surface area contributed by atoms with Crippen molar-refractivity contribution in [2.45, 2.75) is 11.8 Å². The van der Waals surface area contributed by atoms with Crippen molar-refractivity contribution in [2.75, 3.05) is 5.32 Å². The van der Waals surface area contributed by atoms with Gasteiger partial charge in [0.15, 0.2) is 0 Å². The molecule has 1 aromatic heterocycles. The Hall–Kier alpha value is -1.77. The lowest BCUT2D eigenvalue weighted by Crippen LogP contribution is -2.11. The molecule has 90 valence electrons. The molecular weight excluding hydrogens is 264 g/mol. The summed E-state index contributed by atoms with van der Waals surface area (Å²) in [6.45, 7) is 1.84. The monoisotopic (exact) mass is 274 g/mol. The minimum atomic E-state index is -0.220. The Balaban J connectivity index is 2.28. The number of rotatable bonds is 2. The average Bonchev–Trinajstić information content (AvgIpc) is 2.76. The molecule has 1 aromatic carbocycles. The minimum absolute atomic E-state index is 0.220. The van der Waals surface area contributed by atoms with Crippen molar-refractivity contribution in [1.29, 1.82) is 5.26 Å². The van der Waals surface area contributed by atoms with E-state index in [1.165, 1.54) is 11.3 Å². The maximum atomic E-state index is 12.0. The number of hydrogen-bond acceptors (Lipinski definition) is 4. The second-order valence-electron chi connectivity index (χ2n) is 3.73. The number of thiophene rings is 1. The Kier molecular flexibility index (Phi) is 3.70. The average molecular weight is 274 g/mol. The van der Waals surface area contributed by atoms with Crippen molar-refractivity contribution in [3.05, 3.63) is 45.6 Å². The van der Waals surface area contributed by atoms with Gasteiger partial charge in [0.05, 0.1) is 16.1 Å². The van der Waals surface area contributed by atoms with Crippen LogP contribution in [-0.4, -0.2) is 5.91 Å². The summed E-state index contributed by atoms with van der Waals surface area (Å²) in [7, 11) is 0. The fraction of sp³-hybridized carbons (Fsp3) is 0.0769. The largest absolute Gasteiger partial charge is 0.320 e. The van der Waals surface area contributed by atoms with Crippen LogP contribution in [0, 0.1) is 18.3 Å². The highest BCUT2D eigenvalue weighted by molar-refractivity contribution is 7.80. The predicted molar refractivity (Wildman–Crippen MR) is 75.4 cm³/mol. The van der Waals surface area contributed by atoms with Crippen molar-refractivity contribution in [2.24, 2.45) is 0 Å². The highest BCUT2D eigenvalue weighted by Gasteiger charge is 2.11. The van der Waals surface area contributed by atoms with Crippen LogP contribution in [0.4, 0.5) is 5.69 Å². The van der Waals surface area contributed by atoms with Crippen molar-refractivity contribution < 1.29 is 4.79 Å². The molecule has 0 aliphatic heterocycles. The summed E-state index contributed by atoms with van der Waals surface area (Å²) in [4.78, 5) is 13.3. The number of benzene rings is 1. The van der Waals surface area contributed by atoms with Gasteiger partial charge in [-0.15, -0.1) is 24.0 Å². The summed E-state index contributed by atoms with van der Waals surface area (Å²) in [5, 5.41) is 13.6. The molecule has 0 aliphatic rings. The zero-order valence-electron chi connectivity index (χ0n) is 9.60. The molecule has 0 fully saturated rings. The van der Waals surface area contributed by atoms with Gasteiger partial charge in [0, 0.05) is 10.3 Å². The first-order chi connectivity index (χ1) is 8.61. The minimum Gasteiger partial charge on any atom is -0.320 e. The zero-order chi connectivity index (χ0) is 13.1. The summed E-state index contributed by atoms with van der Waals surface area (Å²) >= 11 is 5.48. The molecule has 2 rings (SSSR count). The maximum absolute atomic E-state index is 12.0. The molecule has 0 saturated carbocycles. The van der Waals surface area contributed by atoms with Crippen LogP contribution in [0.5, 0.6) is 0 Å². The number of amides is 1. The van der Waals surface area contributed by atoms with Gasteiger partial charge in [-0.05, 0) is 24.6 Å². The molecule has 18 heavy (non-hydrogen) atoms. The van der Waals surface area contributed by atoms with E-state index in [4.69, 9.17) is 5.26 Å². The van der Waals surface area contributed by atoms with Crippen molar-refractivity contribution >= 4 is 35.6 Å². The molecule has 0 saturated heterocycles. The number of aryl methyl sites for hydroxylation is 1. The zero-order valence-corrected chi connectivity index (χ0v) is 11.3. The molecule has 5 heteroatoms. The molecule has 2 aromatic rings. The Labute approximate surface area is 114 Å². The molecule has 1 heterocycles. The lowest BCUT2D eigenvalue weighted by Gasteiger charge is -2.07. The normalized spacial score (nSPS) is 9.83. The summed E-state index contributed by atoms with van der Waals surface area (Å²) in [5.41, 5.74) is 1.88. The highest BCUT2D eigenvalue weighted by atomic mass is 32.1. The number of thiol groups is 1. The first-order valence-electron chi connectivity index (χ1n) is 5.20. The fourth-order valence-electron chi connectivity index (χ4n) is 1.55. The molecule has 1 amide bonds. The second kappa shape index (κ2) is 5.25. The summed E-state index contributed by atoms with van der Waals surface area (Å²) in [6.07, 6.45) is 0. The van der Waals surface area contributed by atoms with Gasteiger partial charge in [0.1, 0.15) is 6.07 Å². The van der Waals surface area contributed by atoms with E-state index in [1.54, 1.807) is 17.5 Å². The van der Waals surface area contributed by atoms with Gasteiger partial charge in [0.25, 0.3) is 5.91 Å². The topological polar surface area (TPSA) is 52.9 Å². The van der Waals surface area contributed by atoms with Gasteiger partial charge in [-0.25, -0.2) is 0 Å². The molecule has 0 unspecified atom stereocenters. The third-order valence-corrected chi connectivity index (χ3v) is 3.80. The van der Waals surface area contributed by atoms with Crippen LogP contribution in [0.2, 0.25) is 0 Å². The highest BCUT2D eigenvalue weighted by Crippen LogP contribution is 2.22. The summed E-state index contributed by atoms with van der Waals surface area (Å²) < 4.78 is 0. The number of carbonyl (C=O) groups is 1. The third-order valence-electron chi connectivity index (χ3n) is 2.44. The molecule has 0 atom stereocenters. The number of nitrogens with one attached hydrogen (secondary N) is 1. The Morgan fingerprint density at radius 3 is 2.89 bits per heavy atom. The second-order valence-corrected chi connectivity index (χ2v) is 5.16. The van der Waals surface area contributed by atoms with Gasteiger partial charge in [-0.1, -0.05) is 12.1 Å². The molecule has 3 nitrogen and oxygen atoms in total. The molecule has 0 aliphatic carbocycles. The molecule has 1 N–H and O–H groups in total. The van der Waals surface area contributed by atoms with Crippen LogP contribution in [0.3, 0.4) is 0 Å². The predicted octanol–water partition coefficient (Wildman–Crippen LogP) is 3.47. The van der Waals surface area contributed by atoms with E-state index in [1.807, 2.05) is 19.1 Å². The Morgan fingerprint density at radius 2 is 2.28 bits per heavy atom. The van der Waals surface area contributed by atoms with E-state index in [2.05, 4.69) is 24.0 Å². The van der Waals surface area contributed by atoms with Crippen LogP contribution in [-0.2, 0) is 0 Å². The first-order valence-corrected chi connectivity index (χ1v) is 6.53. The number of nitriles is 1. The van der Waals surface area contributed by atoms with E-state index >= 15 is 0 Å². The third kappa shape index (κ3) is 2.55. The van der Waals surface area contributed by atoms with Gasteiger partial charge in [-0.2, -0.15) is 5.26 Å². The van der Waals surface area contributed by atoms with Crippen molar-refractivity contribution in [3.63, 3.8) is 0 Å². The van der Waals surface area contributed by atoms with Gasteiger partial charge in [-0.3, -0.25) is 4.79 Å². The number of hydrogen-bond donors (Lipinski definition) is 2.